The van der Waals surface area contributed by atoms with E-state index in [-0.39, 0.29) is 10.5 Å². The summed E-state index contributed by atoms with van der Waals surface area (Å²) < 4.78 is 13.6. The van der Waals surface area contributed by atoms with Gasteiger partial charge in [0.1, 0.15) is 11.9 Å². The number of pyridine rings is 1. The number of carboxylic acid groups (broad SMARTS) is 1. The predicted molar refractivity (Wildman–Crippen MR) is 66.4 cm³/mol. The van der Waals surface area contributed by atoms with Gasteiger partial charge in [-0.15, -0.1) is 0 Å². The van der Waals surface area contributed by atoms with Gasteiger partial charge in [0.2, 0.25) is 0 Å². The van der Waals surface area contributed by atoms with Crippen LogP contribution in [0.3, 0.4) is 0 Å². The fourth-order valence-corrected chi connectivity index (χ4v) is 2.31. The maximum absolute atomic E-state index is 13.6. The first kappa shape index (κ1) is 13.1. The van der Waals surface area contributed by atoms with Crippen LogP contribution < -0.4 is 0 Å². The summed E-state index contributed by atoms with van der Waals surface area (Å²) in [6, 6.07) is 7.00. The number of hydrogen-bond acceptors (Lipinski definition) is 4. The summed E-state index contributed by atoms with van der Waals surface area (Å²) in [6.07, 6.45) is 2.91. The van der Waals surface area contributed by atoms with Crippen LogP contribution in [-0.4, -0.2) is 16.1 Å². The van der Waals surface area contributed by atoms with Crippen molar-refractivity contribution in [1.29, 1.82) is 5.26 Å². The number of aromatic nitrogens is 1. The van der Waals surface area contributed by atoms with Crippen molar-refractivity contribution >= 4 is 17.7 Å². The van der Waals surface area contributed by atoms with Crippen LogP contribution in [0.15, 0.2) is 46.5 Å². The van der Waals surface area contributed by atoms with Gasteiger partial charge in [0.05, 0.1) is 11.1 Å². The van der Waals surface area contributed by atoms with E-state index >= 15 is 0 Å². The maximum atomic E-state index is 13.6. The number of hydrogen-bond donors (Lipinski definition) is 1. The summed E-state index contributed by atoms with van der Waals surface area (Å²) in [7, 11) is 0. The zero-order chi connectivity index (χ0) is 13.8. The highest BCUT2D eigenvalue weighted by Crippen LogP contribution is 2.32. The molecule has 94 valence electrons. The molecule has 0 aliphatic carbocycles. The van der Waals surface area contributed by atoms with E-state index in [0.29, 0.717) is 10.5 Å². The number of benzene rings is 1. The lowest BCUT2D eigenvalue weighted by molar-refractivity contribution is 0.0696. The molecule has 0 radical (unpaired) electrons. The van der Waals surface area contributed by atoms with E-state index < -0.39 is 11.8 Å². The van der Waals surface area contributed by atoms with Crippen molar-refractivity contribution < 1.29 is 14.3 Å². The Balaban J connectivity index is 2.41. The lowest BCUT2D eigenvalue weighted by Crippen LogP contribution is -1.97. The average molecular weight is 274 g/mol. The van der Waals surface area contributed by atoms with Crippen molar-refractivity contribution in [1.82, 2.24) is 4.98 Å². The molecule has 0 aliphatic heterocycles. The molecule has 0 aliphatic rings. The molecule has 0 saturated carbocycles. The second-order valence-electron chi connectivity index (χ2n) is 3.54. The third kappa shape index (κ3) is 2.89. The highest BCUT2D eigenvalue weighted by Gasteiger charge is 2.11. The van der Waals surface area contributed by atoms with Gasteiger partial charge in [0.15, 0.2) is 0 Å². The minimum absolute atomic E-state index is 0.00806. The molecular weight excluding hydrogens is 267 g/mol. The van der Waals surface area contributed by atoms with Crippen molar-refractivity contribution in [2.45, 2.75) is 9.79 Å². The van der Waals surface area contributed by atoms with Crippen LogP contribution in [-0.2, 0) is 0 Å². The van der Waals surface area contributed by atoms with Crippen LogP contribution in [0.25, 0.3) is 0 Å². The molecular formula is C13H7FN2O2S. The Morgan fingerprint density at radius 1 is 1.37 bits per heavy atom. The molecule has 1 heterocycles. The standard InChI is InChI=1S/C13H7FN2O2S/c14-10-2-1-8(13(17)18)5-11(10)19-12-7-16-4-3-9(12)6-15/h1-5,7H,(H,17,18). The Morgan fingerprint density at radius 2 is 2.16 bits per heavy atom. The van der Waals surface area contributed by atoms with E-state index in [2.05, 4.69) is 4.98 Å². The fraction of sp³-hybridized carbons (Fsp3) is 0. The first-order chi connectivity index (χ1) is 9.11. The second kappa shape index (κ2) is 5.50. The summed E-state index contributed by atoms with van der Waals surface area (Å²) >= 11 is 0.974. The van der Waals surface area contributed by atoms with Crippen molar-refractivity contribution in [3.8, 4) is 6.07 Å². The monoisotopic (exact) mass is 274 g/mol. The van der Waals surface area contributed by atoms with Crippen molar-refractivity contribution in [3.05, 3.63) is 53.6 Å². The molecule has 4 nitrogen and oxygen atoms in total. The summed E-state index contributed by atoms with van der Waals surface area (Å²) in [5, 5.41) is 17.8. The molecule has 0 spiro atoms. The summed E-state index contributed by atoms with van der Waals surface area (Å²) in [6.45, 7) is 0. The van der Waals surface area contributed by atoms with Gasteiger partial charge in [-0.05, 0) is 24.3 Å². The normalized spacial score (nSPS) is 9.89. The Hall–Kier alpha value is -2.39. The SMILES string of the molecule is N#Cc1ccncc1Sc1cc(C(=O)O)ccc1F. The van der Waals surface area contributed by atoms with Gasteiger partial charge < -0.3 is 5.11 Å². The molecule has 0 fully saturated rings. The topological polar surface area (TPSA) is 74.0 Å². The molecule has 0 saturated heterocycles. The molecule has 0 amide bonds. The Labute approximate surface area is 112 Å². The molecule has 1 N–H and O–H groups in total. The van der Waals surface area contributed by atoms with E-state index in [1.807, 2.05) is 6.07 Å². The van der Waals surface area contributed by atoms with Gasteiger partial charge in [0, 0.05) is 22.2 Å². The molecule has 0 atom stereocenters. The van der Waals surface area contributed by atoms with Gasteiger partial charge in [0.25, 0.3) is 0 Å². The van der Waals surface area contributed by atoms with Gasteiger partial charge in [-0.1, -0.05) is 11.8 Å². The van der Waals surface area contributed by atoms with E-state index in [1.165, 1.54) is 30.6 Å². The quantitative estimate of drug-likeness (QED) is 0.931. The number of rotatable bonds is 3. The molecule has 0 unspecified atom stereocenters. The molecule has 0 bridgehead atoms. The zero-order valence-corrected chi connectivity index (χ0v) is 10.3. The van der Waals surface area contributed by atoms with Crippen LogP contribution in [0.1, 0.15) is 15.9 Å². The molecule has 1 aromatic carbocycles. The first-order valence-corrected chi connectivity index (χ1v) is 5.98. The lowest BCUT2D eigenvalue weighted by Gasteiger charge is -2.05. The van der Waals surface area contributed by atoms with Crippen molar-refractivity contribution in [2.75, 3.05) is 0 Å². The molecule has 6 heteroatoms. The average Bonchev–Trinajstić information content (AvgIpc) is 2.41. The smallest absolute Gasteiger partial charge is 0.335 e. The fourth-order valence-electron chi connectivity index (χ4n) is 1.39. The van der Waals surface area contributed by atoms with Gasteiger partial charge in [-0.2, -0.15) is 5.26 Å². The molecule has 2 aromatic rings. The van der Waals surface area contributed by atoms with Crippen LogP contribution in [0.2, 0.25) is 0 Å². The highest BCUT2D eigenvalue weighted by molar-refractivity contribution is 7.99. The van der Waals surface area contributed by atoms with E-state index in [0.717, 1.165) is 17.8 Å². The summed E-state index contributed by atoms with van der Waals surface area (Å²) in [5.74, 6) is -1.67. The second-order valence-corrected chi connectivity index (χ2v) is 4.62. The largest absolute Gasteiger partial charge is 0.478 e. The summed E-state index contributed by atoms with van der Waals surface area (Å²) in [5.41, 5.74) is 0.353. The first-order valence-electron chi connectivity index (χ1n) is 5.16. The third-order valence-electron chi connectivity index (χ3n) is 2.30. The minimum Gasteiger partial charge on any atom is -0.478 e. The van der Waals surface area contributed by atoms with Crippen LogP contribution >= 0.6 is 11.8 Å². The van der Waals surface area contributed by atoms with Crippen LogP contribution in [0.4, 0.5) is 4.39 Å². The Kier molecular flexibility index (Phi) is 3.78. The summed E-state index contributed by atoms with van der Waals surface area (Å²) in [4.78, 5) is 15.3. The molecule has 19 heavy (non-hydrogen) atoms. The van der Waals surface area contributed by atoms with E-state index in [1.54, 1.807) is 0 Å². The number of aromatic carboxylic acids is 1. The Morgan fingerprint density at radius 3 is 2.84 bits per heavy atom. The lowest BCUT2D eigenvalue weighted by atomic mass is 10.2. The molecule has 1 aromatic heterocycles. The highest BCUT2D eigenvalue weighted by atomic mass is 32.2. The number of carbonyl (C=O) groups is 1. The molecule has 2 rings (SSSR count). The van der Waals surface area contributed by atoms with Crippen molar-refractivity contribution in [3.63, 3.8) is 0 Å². The van der Waals surface area contributed by atoms with Crippen LogP contribution in [0.5, 0.6) is 0 Å². The van der Waals surface area contributed by atoms with Gasteiger partial charge in [-0.3, -0.25) is 4.98 Å². The van der Waals surface area contributed by atoms with Crippen molar-refractivity contribution in [2.24, 2.45) is 0 Å². The number of nitrogens with zero attached hydrogens (tertiary/aromatic N) is 2. The maximum Gasteiger partial charge on any atom is 0.335 e. The predicted octanol–water partition coefficient (Wildman–Crippen LogP) is 2.94. The zero-order valence-electron chi connectivity index (χ0n) is 9.50. The minimum atomic E-state index is -1.13. The number of nitriles is 1. The van der Waals surface area contributed by atoms with Crippen LogP contribution in [0, 0.1) is 17.1 Å². The van der Waals surface area contributed by atoms with E-state index in [9.17, 15) is 9.18 Å². The van der Waals surface area contributed by atoms with Gasteiger partial charge >= 0.3 is 5.97 Å². The van der Waals surface area contributed by atoms with Gasteiger partial charge in [-0.25, -0.2) is 9.18 Å². The Bertz CT molecular complexity index is 683. The van der Waals surface area contributed by atoms with E-state index in [4.69, 9.17) is 10.4 Å². The third-order valence-corrected chi connectivity index (χ3v) is 3.38. The number of carboxylic acids is 1. The number of halogens is 1.